The molecule has 0 spiro atoms. The Morgan fingerprint density at radius 1 is 1.12 bits per heavy atom. The number of anilines is 1. The highest BCUT2D eigenvalue weighted by Crippen LogP contribution is 2.49. The standard InChI is InChI=1S/C19H21Cl2NO3/c1-11-2-6-14(7-3-11)22-18(23)16-12-4-5-13(8-12)17(16)19(24)25-15(9-20)10-21/h2-7,12-13,15-17H,8-10H2,1H3,(H,22,23)/t12-,13-,16-,17-/m0/s1. The van der Waals surface area contributed by atoms with Gasteiger partial charge in [-0.15, -0.1) is 23.2 Å². The number of nitrogens with one attached hydrogen (secondary N) is 1. The van der Waals surface area contributed by atoms with E-state index in [4.69, 9.17) is 27.9 Å². The minimum Gasteiger partial charge on any atom is -0.460 e. The molecule has 0 unspecified atom stereocenters. The van der Waals surface area contributed by atoms with Crippen LogP contribution in [0.4, 0.5) is 5.69 Å². The van der Waals surface area contributed by atoms with Crippen molar-refractivity contribution in [2.45, 2.75) is 19.4 Å². The summed E-state index contributed by atoms with van der Waals surface area (Å²) in [6.07, 6.45) is 4.33. The Morgan fingerprint density at radius 2 is 1.72 bits per heavy atom. The van der Waals surface area contributed by atoms with Crippen LogP contribution < -0.4 is 5.32 Å². The molecule has 4 nitrogen and oxygen atoms in total. The van der Waals surface area contributed by atoms with Gasteiger partial charge in [-0.05, 0) is 37.3 Å². The van der Waals surface area contributed by atoms with Crippen molar-refractivity contribution in [2.75, 3.05) is 17.1 Å². The van der Waals surface area contributed by atoms with Crippen LogP contribution in [-0.2, 0) is 14.3 Å². The number of esters is 1. The minimum absolute atomic E-state index is 0.0394. The van der Waals surface area contributed by atoms with E-state index in [0.29, 0.717) is 0 Å². The number of hydrogen-bond acceptors (Lipinski definition) is 3. The van der Waals surface area contributed by atoms with Crippen LogP contribution in [0.25, 0.3) is 0 Å². The van der Waals surface area contributed by atoms with Gasteiger partial charge >= 0.3 is 5.97 Å². The van der Waals surface area contributed by atoms with Crippen LogP contribution in [0.15, 0.2) is 36.4 Å². The van der Waals surface area contributed by atoms with Crippen LogP contribution in [0.5, 0.6) is 0 Å². The Kier molecular flexibility index (Phi) is 5.70. The van der Waals surface area contributed by atoms with Gasteiger partial charge in [0.1, 0.15) is 6.10 Å². The number of carbonyl (C=O) groups is 2. The van der Waals surface area contributed by atoms with Crippen LogP contribution >= 0.6 is 23.2 Å². The Morgan fingerprint density at radius 3 is 2.32 bits per heavy atom. The summed E-state index contributed by atoms with van der Waals surface area (Å²) in [7, 11) is 0. The van der Waals surface area contributed by atoms with E-state index in [1.165, 1.54) is 0 Å². The monoisotopic (exact) mass is 381 g/mol. The lowest BCUT2D eigenvalue weighted by Crippen LogP contribution is -2.39. The van der Waals surface area contributed by atoms with E-state index in [1.54, 1.807) is 0 Å². The summed E-state index contributed by atoms with van der Waals surface area (Å²) >= 11 is 11.5. The van der Waals surface area contributed by atoms with Crippen molar-refractivity contribution < 1.29 is 14.3 Å². The van der Waals surface area contributed by atoms with Crippen molar-refractivity contribution in [1.82, 2.24) is 0 Å². The molecular formula is C19H21Cl2NO3. The lowest BCUT2D eigenvalue weighted by Gasteiger charge is -2.27. The van der Waals surface area contributed by atoms with E-state index in [0.717, 1.165) is 17.7 Å². The first-order valence-electron chi connectivity index (χ1n) is 8.41. The summed E-state index contributed by atoms with van der Waals surface area (Å²) in [5, 5.41) is 2.93. The highest BCUT2D eigenvalue weighted by molar-refractivity contribution is 6.21. The zero-order valence-electron chi connectivity index (χ0n) is 14.0. The predicted molar refractivity (Wildman–Crippen MR) is 98.8 cm³/mol. The summed E-state index contributed by atoms with van der Waals surface area (Å²) < 4.78 is 5.42. The van der Waals surface area contributed by atoms with Crippen molar-refractivity contribution >= 4 is 40.8 Å². The molecular weight excluding hydrogens is 361 g/mol. The van der Waals surface area contributed by atoms with E-state index in [2.05, 4.69) is 5.32 Å². The Balaban J connectivity index is 1.73. The second-order valence-corrected chi connectivity index (χ2v) is 7.34. The van der Waals surface area contributed by atoms with Gasteiger partial charge in [-0.2, -0.15) is 0 Å². The van der Waals surface area contributed by atoms with Crippen molar-refractivity contribution in [1.29, 1.82) is 0 Å². The smallest absolute Gasteiger partial charge is 0.310 e. The van der Waals surface area contributed by atoms with Gasteiger partial charge < -0.3 is 10.1 Å². The maximum absolute atomic E-state index is 12.8. The summed E-state index contributed by atoms with van der Waals surface area (Å²) in [4.78, 5) is 25.4. The van der Waals surface area contributed by atoms with Crippen molar-refractivity contribution in [3.8, 4) is 0 Å². The second-order valence-electron chi connectivity index (χ2n) is 6.72. The third kappa shape index (κ3) is 3.85. The van der Waals surface area contributed by atoms with Crippen LogP contribution in [0.1, 0.15) is 12.0 Å². The first-order valence-corrected chi connectivity index (χ1v) is 9.48. The third-order valence-electron chi connectivity index (χ3n) is 4.98. The van der Waals surface area contributed by atoms with E-state index in [9.17, 15) is 9.59 Å². The fourth-order valence-electron chi connectivity index (χ4n) is 3.71. The van der Waals surface area contributed by atoms with Crippen molar-refractivity contribution in [3.05, 3.63) is 42.0 Å². The molecule has 1 aromatic rings. The number of halogens is 2. The molecule has 0 aromatic heterocycles. The number of allylic oxidation sites excluding steroid dienone is 2. The number of carbonyl (C=O) groups excluding carboxylic acids is 2. The number of hydrogen-bond donors (Lipinski definition) is 1. The van der Waals surface area contributed by atoms with Crippen molar-refractivity contribution in [2.24, 2.45) is 23.7 Å². The lowest BCUT2D eigenvalue weighted by molar-refractivity contribution is -0.156. The molecule has 0 heterocycles. The quantitative estimate of drug-likeness (QED) is 0.463. The van der Waals surface area contributed by atoms with Gasteiger partial charge in [-0.1, -0.05) is 29.8 Å². The van der Waals surface area contributed by atoms with Gasteiger partial charge in [0.25, 0.3) is 0 Å². The van der Waals surface area contributed by atoms with Gasteiger partial charge in [0, 0.05) is 5.69 Å². The molecule has 1 N–H and O–H groups in total. The SMILES string of the molecule is Cc1ccc(NC(=O)[C@@H]2[C@@H](C(=O)OC(CCl)CCl)[C@H]3C=C[C@H]2C3)cc1. The number of benzene rings is 1. The number of aryl methyl sites for hydroxylation is 1. The van der Waals surface area contributed by atoms with Crippen molar-refractivity contribution in [3.63, 3.8) is 0 Å². The summed E-state index contributed by atoms with van der Waals surface area (Å²) in [5.41, 5.74) is 1.85. The molecule has 0 saturated heterocycles. The fourth-order valence-corrected chi connectivity index (χ4v) is 4.17. The van der Waals surface area contributed by atoms with Crippen LogP contribution in [0.3, 0.4) is 0 Å². The summed E-state index contributed by atoms with van der Waals surface area (Å²) in [6, 6.07) is 7.60. The maximum Gasteiger partial charge on any atom is 0.310 e. The van der Waals surface area contributed by atoms with Gasteiger partial charge in [0.05, 0.1) is 23.6 Å². The topological polar surface area (TPSA) is 55.4 Å². The van der Waals surface area contributed by atoms with Crippen LogP contribution in [0, 0.1) is 30.6 Å². The van der Waals surface area contributed by atoms with Gasteiger partial charge in [0.15, 0.2) is 0 Å². The molecule has 2 aliphatic rings. The lowest BCUT2D eigenvalue weighted by atomic mass is 9.82. The molecule has 0 aliphatic heterocycles. The first kappa shape index (κ1) is 18.3. The molecule has 1 amide bonds. The highest BCUT2D eigenvalue weighted by Gasteiger charge is 2.52. The zero-order valence-corrected chi connectivity index (χ0v) is 15.5. The van der Waals surface area contributed by atoms with Gasteiger partial charge in [0.2, 0.25) is 5.91 Å². The van der Waals surface area contributed by atoms with E-state index in [-0.39, 0.29) is 35.5 Å². The molecule has 6 heteroatoms. The molecule has 2 bridgehead atoms. The molecule has 0 radical (unpaired) electrons. The zero-order chi connectivity index (χ0) is 18.0. The molecule has 1 saturated carbocycles. The molecule has 1 fully saturated rings. The van der Waals surface area contributed by atoms with Crippen LogP contribution in [-0.4, -0.2) is 29.7 Å². The number of amides is 1. The second kappa shape index (κ2) is 7.79. The minimum atomic E-state index is -0.528. The van der Waals surface area contributed by atoms with E-state index >= 15 is 0 Å². The number of rotatable bonds is 6. The summed E-state index contributed by atoms with van der Waals surface area (Å²) in [5.74, 6) is -1.03. The molecule has 2 aliphatic carbocycles. The van der Waals surface area contributed by atoms with E-state index in [1.807, 2.05) is 43.3 Å². The maximum atomic E-state index is 12.8. The van der Waals surface area contributed by atoms with E-state index < -0.39 is 17.9 Å². The predicted octanol–water partition coefficient (Wildman–Crippen LogP) is 3.76. The molecule has 1 aromatic carbocycles. The number of alkyl halides is 2. The number of ether oxygens (including phenoxy) is 1. The Labute approximate surface area is 157 Å². The fraction of sp³-hybridized carbons (Fsp3) is 0.474. The molecule has 134 valence electrons. The third-order valence-corrected chi connectivity index (χ3v) is 5.67. The Hall–Kier alpha value is -1.52. The molecule has 4 atom stereocenters. The highest BCUT2D eigenvalue weighted by atomic mass is 35.5. The normalized spacial score (nSPS) is 26.9. The van der Waals surface area contributed by atoms with Gasteiger partial charge in [-0.25, -0.2) is 0 Å². The largest absolute Gasteiger partial charge is 0.460 e. The summed E-state index contributed by atoms with van der Waals surface area (Å²) in [6.45, 7) is 1.99. The molecule has 25 heavy (non-hydrogen) atoms. The first-order chi connectivity index (χ1) is 12.0. The average molecular weight is 382 g/mol. The Bertz CT molecular complexity index is 670. The number of fused-ring (bicyclic) bond motifs is 2. The van der Waals surface area contributed by atoms with Gasteiger partial charge in [-0.3, -0.25) is 9.59 Å². The molecule has 3 rings (SSSR count). The van der Waals surface area contributed by atoms with Crippen LogP contribution in [0.2, 0.25) is 0 Å². The average Bonchev–Trinajstić information content (AvgIpc) is 3.22.